The number of nitrogens with zero attached hydrogens (tertiary/aromatic N) is 1. The van der Waals surface area contributed by atoms with Crippen LogP contribution in [0.2, 0.25) is 0 Å². The Labute approximate surface area is 141 Å². The molecule has 0 radical (unpaired) electrons. The lowest BCUT2D eigenvalue weighted by molar-refractivity contribution is -0.146. The lowest BCUT2D eigenvalue weighted by Crippen LogP contribution is -2.58. The average molecular weight is 333 g/mol. The molecule has 1 unspecified atom stereocenters. The van der Waals surface area contributed by atoms with E-state index in [1.807, 2.05) is 0 Å². The molecule has 7 nitrogen and oxygen atoms in total. The zero-order valence-corrected chi connectivity index (χ0v) is 13.8. The van der Waals surface area contributed by atoms with Gasteiger partial charge in [-0.1, -0.05) is 12.1 Å². The molecule has 2 aliphatic heterocycles. The fourth-order valence-electron chi connectivity index (χ4n) is 2.81. The molecule has 1 aromatic rings. The molecule has 0 saturated carbocycles. The number of carbonyl (C=O) groups excluding carboxylic acids is 2. The highest BCUT2D eigenvalue weighted by Gasteiger charge is 2.46. The number of fused-ring (bicyclic) bond motifs is 1. The number of anilines is 1. The van der Waals surface area contributed by atoms with E-state index in [0.29, 0.717) is 18.0 Å². The quantitative estimate of drug-likeness (QED) is 0.610. The number of amides is 2. The molecule has 0 aromatic heterocycles. The second-order valence-electron chi connectivity index (χ2n) is 6.15. The molecule has 0 bridgehead atoms. The van der Waals surface area contributed by atoms with Gasteiger partial charge in [0.05, 0.1) is 18.9 Å². The summed E-state index contributed by atoms with van der Waals surface area (Å²) in [4.78, 5) is 27.0. The first-order valence-electron chi connectivity index (χ1n) is 8.27. The smallest absolute Gasteiger partial charge is 0.278 e. The van der Waals surface area contributed by atoms with Gasteiger partial charge in [0.2, 0.25) is 0 Å². The van der Waals surface area contributed by atoms with Crippen molar-refractivity contribution in [3.05, 3.63) is 24.3 Å². The molecule has 3 rings (SSSR count). The Morgan fingerprint density at radius 1 is 1.33 bits per heavy atom. The standard InChI is InChI=1S/C17H23N3O4/c1-17(16(22)19-13-5-2-3-6-14(13)24-17)15(21)18-7-4-8-20-9-11-23-12-10-20/h2-3,5-6H,4,7-12H2,1H3,(H,18,21)(H,19,22). The van der Waals surface area contributed by atoms with Gasteiger partial charge in [-0.15, -0.1) is 0 Å². The van der Waals surface area contributed by atoms with E-state index in [9.17, 15) is 9.59 Å². The van der Waals surface area contributed by atoms with Gasteiger partial charge in [-0.3, -0.25) is 14.5 Å². The van der Waals surface area contributed by atoms with E-state index in [1.54, 1.807) is 24.3 Å². The van der Waals surface area contributed by atoms with Crippen LogP contribution in [0.4, 0.5) is 5.69 Å². The fourth-order valence-corrected chi connectivity index (χ4v) is 2.81. The molecule has 24 heavy (non-hydrogen) atoms. The number of morpholine rings is 1. The summed E-state index contributed by atoms with van der Waals surface area (Å²) in [5.74, 6) is -0.369. The van der Waals surface area contributed by atoms with Crippen molar-refractivity contribution in [2.24, 2.45) is 0 Å². The maximum Gasteiger partial charge on any atom is 0.278 e. The summed E-state index contributed by atoms with van der Waals surface area (Å²) in [7, 11) is 0. The van der Waals surface area contributed by atoms with Gasteiger partial charge in [0.25, 0.3) is 17.4 Å². The van der Waals surface area contributed by atoms with Crippen molar-refractivity contribution in [2.45, 2.75) is 18.9 Å². The highest BCUT2D eigenvalue weighted by molar-refractivity contribution is 6.15. The third-order valence-electron chi connectivity index (χ3n) is 4.36. The van der Waals surface area contributed by atoms with Crippen molar-refractivity contribution in [3.63, 3.8) is 0 Å². The number of ether oxygens (including phenoxy) is 2. The van der Waals surface area contributed by atoms with Crippen LogP contribution in [0, 0.1) is 0 Å². The fraction of sp³-hybridized carbons (Fsp3) is 0.529. The number of nitrogens with one attached hydrogen (secondary N) is 2. The van der Waals surface area contributed by atoms with Crippen molar-refractivity contribution in [3.8, 4) is 5.75 Å². The molecule has 1 aromatic carbocycles. The van der Waals surface area contributed by atoms with Crippen LogP contribution in [0.5, 0.6) is 5.75 Å². The monoisotopic (exact) mass is 333 g/mol. The summed E-state index contributed by atoms with van der Waals surface area (Å²) >= 11 is 0. The van der Waals surface area contributed by atoms with Crippen molar-refractivity contribution >= 4 is 17.5 Å². The number of hydrogen-bond donors (Lipinski definition) is 2. The van der Waals surface area contributed by atoms with E-state index in [2.05, 4.69) is 15.5 Å². The van der Waals surface area contributed by atoms with Gasteiger partial charge in [0.15, 0.2) is 0 Å². The molecule has 2 aliphatic rings. The van der Waals surface area contributed by atoms with Gasteiger partial charge in [0, 0.05) is 19.6 Å². The van der Waals surface area contributed by atoms with E-state index < -0.39 is 17.4 Å². The summed E-state index contributed by atoms with van der Waals surface area (Å²) in [6.07, 6.45) is 0.819. The zero-order valence-electron chi connectivity index (χ0n) is 13.8. The molecule has 1 atom stereocenters. The first-order chi connectivity index (χ1) is 11.6. The maximum atomic E-state index is 12.5. The lowest BCUT2D eigenvalue weighted by Gasteiger charge is -2.33. The van der Waals surface area contributed by atoms with Crippen LogP contribution in [0.1, 0.15) is 13.3 Å². The Bertz CT molecular complexity index is 616. The number of carbonyl (C=O) groups is 2. The van der Waals surface area contributed by atoms with Crippen molar-refractivity contribution in [2.75, 3.05) is 44.7 Å². The van der Waals surface area contributed by atoms with Crippen molar-refractivity contribution in [1.29, 1.82) is 0 Å². The Balaban J connectivity index is 1.51. The SMILES string of the molecule is CC1(C(=O)NCCCN2CCOCC2)Oc2ccccc2NC1=O. The lowest BCUT2D eigenvalue weighted by atomic mass is 10.0. The van der Waals surface area contributed by atoms with Gasteiger partial charge in [0.1, 0.15) is 5.75 Å². The molecule has 7 heteroatoms. The highest BCUT2D eigenvalue weighted by Crippen LogP contribution is 2.33. The van der Waals surface area contributed by atoms with Crippen LogP contribution >= 0.6 is 0 Å². The Morgan fingerprint density at radius 2 is 2.08 bits per heavy atom. The number of rotatable bonds is 5. The number of hydrogen-bond acceptors (Lipinski definition) is 5. The average Bonchev–Trinajstić information content (AvgIpc) is 2.60. The van der Waals surface area contributed by atoms with E-state index in [-0.39, 0.29) is 0 Å². The highest BCUT2D eigenvalue weighted by atomic mass is 16.5. The van der Waals surface area contributed by atoms with Gasteiger partial charge >= 0.3 is 0 Å². The first kappa shape index (κ1) is 16.7. The molecule has 1 fully saturated rings. The van der Waals surface area contributed by atoms with Crippen LogP contribution in [-0.4, -0.2) is 61.7 Å². The van der Waals surface area contributed by atoms with Crippen LogP contribution in [-0.2, 0) is 14.3 Å². The molecule has 130 valence electrons. The minimum atomic E-state index is -1.55. The van der Waals surface area contributed by atoms with Crippen LogP contribution in [0.25, 0.3) is 0 Å². The largest absolute Gasteiger partial charge is 0.466 e. The van der Waals surface area contributed by atoms with Gasteiger partial charge in [-0.2, -0.15) is 0 Å². The number of para-hydroxylation sites is 2. The molecule has 2 amide bonds. The Morgan fingerprint density at radius 3 is 2.88 bits per heavy atom. The van der Waals surface area contributed by atoms with E-state index in [1.165, 1.54) is 6.92 Å². The predicted molar refractivity (Wildman–Crippen MR) is 89.0 cm³/mol. The molecule has 2 N–H and O–H groups in total. The summed E-state index contributed by atoms with van der Waals surface area (Å²) in [6, 6.07) is 7.08. The summed E-state index contributed by atoms with van der Waals surface area (Å²) < 4.78 is 11.0. The minimum absolute atomic E-state index is 0.420. The third kappa shape index (κ3) is 3.52. The molecule has 1 saturated heterocycles. The summed E-state index contributed by atoms with van der Waals surface area (Å²) in [5, 5.41) is 5.54. The number of benzene rings is 1. The Hall–Kier alpha value is -2.12. The Kier molecular flexibility index (Phi) is 5.01. The van der Waals surface area contributed by atoms with Crippen LogP contribution in [0.15, 0.2) is 24.3 Å². The molecular formula is C17H23N3O4. The van der Waals surface area contributed by atoms with E-state index in [0.717, 1.165) is 39.3 Å². The van der Waals surface area contributed by atoms with Crippen molar-refractivity contribution in [1.82, 2.24) is 10.2 Å². The summed E-state index contributed by atoms with van der Waals surface area (Å²) in [5.41, 5.74) is -0.965. The normalized spacial score (nSPS) is 23.8. The predicted octanol–water partition coefficient (Wildman–Crippen LogP) is 0.615. The first-order valence-corrected chi connectivity index (χ1v) is 8.27. The van der Waals surface area contributed by atoms with Gasteiger partial charge < -0.3 is 20.1 Å². The second kappa shape index (κ2) is 7.19. The van der Waals surface area contributed by atoms with E-state index >= 15 is 0 Å². The van der Waals surface area contributed by atoms with Gasteiger partial charge in [-0.25, -0.2) is 0 Å². The zero-order chi connectivity index (χ0) is 17.0. The maximum absolute atomic E-state index is 12.5. The van der Waals surface area contributed by atoms with Gasteiger partial charge in [-0.05, 0) is 32.0 Å². The minimum Gasteiger partial charge on any atom is -0.466 e. The summed E-state index contributed by atoms with van der Waals surface area (Å²) in [6.45, 7) is 6.27. The third-order valence-corrected chi connectivity index (χ3v) is 4.36. The van der Waals surface area contributed by atoms with Crippen LogP contribution < -0.4 is 15.4 Å². The topological polar surface area (TPSA) is 79.9 Å². The molecule has 2 heterocycles. The van der Waals surface area contributed by atoms with E-state index in [4.69, 9.17) is 9.47 Å². The molecular weight excluding hydrogens is 310 g/mol. The molecule has 0 aliphatic carbocycles. The van der Waals surface area contributed by atoms with Crippen molar-refractivity contribution < 1.29 is 19.1 Å². The van der Waals surface area contributed by atoms with Crippen LogP contribution in [0.3, 0.4) is 0 Å². The molecule has 0 spiro atoms. The second-order valence-corrected chi connectivity index (χ2v) is 6.15.